The van der Waals surface area contributed by atoms with Crippen molar-refractivity contribution < 1.29 is 50.0 Å². The Balaban J connectivity index is 1.59. The number of phenols is 3. The molecule has 0 spiro atoms. The number of aliphatic hydroxyl groups excluding tert-OH is 4. The van der Waals surface area contributed by atoms with Crippen molar-refractivity contribution in [2.45, 2.75) is 43.2 Å². The first-order valence-electron chi connectivity index (χ1n) is 9.30. The fraction of sp³-hybridized carbons (Fsp3) is 0.400. The summed E-state index contributed by atoms with van der Waals surface area (Å²) >= 11 is 0. The van der Waals surface area contributed by atoms with Crippen LogP contribution in [0.2, 0.25) is 0 Å². The summed E-state index contributed by atoms with van der Waals surface area (Å²) in [5, 5.41) is 69.0. The largest absolute Gasteiger partial charge is 0.507 e. The molecule has 30 heavy (non-hydrogen) atoms. The minimum Gasteiger partial charge on any atom is -0.507 e. The number of rotatable bonds is 4. The molecule has 0 bridgehead atoms. The van der Waals surface area contributed by atoms with Crippen LogP contribution in [0.4, 0.5) is 0 Å². The molecule has 2 aliphatic heterocycles. The zero-order valence-electron chi connectivity index (χ0n) is 15.6. The van der Waals surface area contributed by atoms with Crippen molar-refractivity contribution >= 4 is 0 Å². The number of aromatic hydroxyl groups is 3. The molecule has 1 saturated heterocycles. The van der Waals surface area contributed by atoms with Crippen LogP contribution >= 0.6 is 0 Å². The average molecular weight is 422 g/mol. The van der Waals surface area contributed by atoms with Crippen LogP contribution in [0.15, 0.2) is 30.3 Å². The Hall–Kier alpha value is -2.76. The number of aliphatic hydroxyl groups is 4. The third-order valence-corrected chi connectivity index (χ3v) is 5.25. The molecule has 3 unspecified atom stereocenters. The number of ether oxygens (including phenoxy) is 3. The lowest BCUT2D eigenvalue weighted by molar-refractivity contribution is -0.116. The molecule has 162 valence electrons. The SMILES string of the molecule is OC[C@@H]1OC(Oc2cc(O)c3c(c2)OC(c2ccc(O)c(O)c2)C(O)C3)[C@@H](O)[C@@H]1O. The molecule has 2 aromatic rings. The predicted octanol–water partition coefficient (Wildman–Crippen LogP) is -0.342. The van der Waals surface area contributed by atoms with Gasteiger partial charge in [0.25, 0.3) is 0 Å². The van der Waals surface area contributed by atoms with Crippen LogP contribution in [0.1, 0.15) is 17.2 Å². The normalized spacial score (nSPS) is 30.5. The summed E-state index contributed by atoms with van der Waals surface area (Å²) < 4.78 is 16.6. The first-order valence-corrected chi connectivity index (χ1v) is 9.30. The summed E-state index contributed by atoms with van der Waals surface area (Å²) in [5.74, 6) is -0.598. The smallest absolute Gasteiger partial charge is 0.229 e. The van der Waals surface area contributed by atoms with Gasteiger partial charge in [-0.2, -0.15) is 0 Å². The van der Waals surface area contributed by atoms with Gasteiger partial charge < -0.3 is 50.0 Å². The molecule has 4 rings (SSSR count). The Morgan fingerprint density at radius 3 is 2.37 bits per heavy atom. The van der Waals surface area contributed by atoms with Gasteiger partial charge in [0.2, 0.25) is 6.29 Å². The molecule has 2 heterocycles. The molecule has 2 aliphatic rings. The van der Waals surface area contributed by atoms with Crippen LogP contribution in [0.5, 0.6) is 28.7 Å². The van der Waals surface area contributed by atoms with Gasteiger partial charge in [0.1, 0.15) is 41.7 Å². The molecule has 0 aromatic heterocycles. The minimum atomic E-state index is -1.41. The highest BCUT2D eigenvalue weighted by Crippen LogP contribution is 2.43. The highest BCUT2D eigenvalue weighted by molar-refractivity contribution is 5.52. The van der Waals surface area contributed by atoms with Gasteiger partial charge in [-0.3, -0.25) is 0 Å². The molecule has 0 radical (unpaired) electrons. The third-order valence-electron chi connectivity index (χ3n) is 5.25. The van der Waals surface area contributed by atoms with E-state index in [1.807, 2.05) is 0 Å². The molecule has 10 nitrogen and oxygen atoms in total. The molecule has 2 aromatic carbocycles. The van der Waals surface area contributed by atoms with Gasteiger partial charge in [0.05, 0.1) is 12.7 Å². The highest BCUT2D eigenvalue weighted by Gasteiger charge is 2.44. The van der Waals surface area contributed by atoms with E-state index in [4.69, 9.17) is 14.2 Å². The second-order valence-electron chi connectivity index (χ2n) is 7.30. The van der Waals surface area contributed by atoms with E-state index in [0.717, 1.165) is 0 Å². The van der Waals surface area contributed by atoms with Crippen molar-refractivity contribution in [3.8, 4) is 28.7 Å². The lowest BCUT2D eigenvalue weighted by Gasteiger charge is -2.32. The Kier molecular flexibility index (Phi) is 5.35. The molecular formula is C20H22O10. The molecule has 10 heteroatoms. The number of phenolic OH excluding ortho intramolecular Hbond substituents is 3. The fourth-order valence-electron chi connectivity index (χ4n) is 3.62. The summed E-state index contributed by atoms with van der Waals surface area (Å²) in [4.78, 5) is 0. The molecule has 7 N–H and O–H groups in total. The second kappa shape index (κ2) is 7.82. The molecular weight excluding hydrogens is 400 g/mol. The lowest BCUT2D eigenvalue weighted by Crippen LogP contribution is -2.35. The third kappa shape index (κ3) is 3.59. The Morgan fingerprint density at radius 2 is 1.70 bits per heavy atom. The quantitative estimate of drug-likeness (QED) is 0.324. The van der Waals surface area contributed by atoms with E-state index in [9.17, 15) is 35.7 Å². The van der Waals surface area contributed by atoms with Crippen molar-refractivity contribution in [2.75, 3.05) is 6.61 Å². The molecule has 0 aliphatic carbocycles. The zero-order valence-corrected chi connectivity index (χ0v) is 15.6. The maximum atomic E-state index is 10.5. The van der Waals surface area contributed by atoms with E-state index in [1.54, 1.807) is 0 Å². The summed E-state index contributed by atoms with van der Waals surface area (Å²) in [6.07, 6.45) is -6.86. The van der Waals surface area contributed by atoms with E-state index in [2.05, 4.69) is 0 Å². The van der Waals surface area contributed by atoms with Crippen molar-refractivity contribution in [3.63, 3.8) is 0 Å². The van der Waals surface area contributed by atoms with Crippen molar-refractivity contribution in [2.24, 2.45) is 0 Å². The van der Waals surface area contributed by atoms with Gasteiger partial charge in [-0.15, -0.1) is 0 Å². The van der Waals surface area contributed by atoms with Crippen LogP contribution < -0.4 is 9.47 Å². The van der Waals surface area contributed by atoms with Crippen molar-refractivity contribution in [3.05, 3.63) is 41.5 Å². The summed E-state index contributed by atoms with van der Waals surface area (Å²) in [6, 6.07) is 6.73. The van der Waals surface area contributed by atoms with E-state index in [0.29, 0.717) is 11.1 Å². The van der Waals surface area contributed by atoms with Gasteiger partial charge in [0.15, 0.2) is 11.5 Å². The fourth-order valence-corrected chi connectivity index (χ4v) is 3.62. The lowest BCUT2D eigenvalue weighted by atomic mass is 9.94. The number of benzene rings is 2. The first-order chi connectivity index (χ1) is 14.3. The molecule has 0 amide bonds. The molecule has 6 atom stereocenters. The van der Waals surface area contributed by atoms with Gasteiger partial charge in [-0.25, -0.2) is 0 Å². The highest BCUT2D eigenvalue weighted by atomic mass is 16.7. The Morgan fingerprint density at radius 1 is 0.933 bits per heavy atom. The van der Waals surface area contributed by atoms with Crippen molar-refractivity contribution in [1.29, 1.82) is 0 Å². The van der Waals surface area contributed by atoms with Crippen LogP contribution in [0.3, 0.4) is 0 Å². The van der Waals surface area contributed by atoms with Crippen LogP contribution in [0.25, 0.3) is 0 Å². The first kappa shape index (κ1) is 20.5. The van der Waals surface area contributed by atoms with Crippen LogP contribution in [-0.2, 0) is 11.2 Å². The Bertz CT molecular complexity index is 932. The van der Waals surface area contributed by atoms with Crippen molar-refractivity contribution in [1.82, 2.24) is 0 Å². The van der Waals surface area contributed by atoms with Gasteiger partial charge >= 0.3 is 0 Å². The molecule has 0 saturated carbocycles. The number of fused-ring (bicyclic) bond motifs is 1. The second-order valence-corrected chi connectivity index (χ2v) is 7.30. The summed E-state index contributed by atoms with van der Waals surface area (Å²) in [7, 11) is 0. The van der Waals surface area contributed by atoms with E-state index >= 15 is 0 Å². The molecule has 1 fully saturated rings. The van der Waals surface area contributed by atoms with Crippen LogP contribution in [0, 0.1) is 0 Å². The van der Waals surface area contributed by atoms with Gasteiger partial charge in [-0.05, 0) is 17.7 Å². The monoisotopic (exact) mass is 422 g/mol. The van der Waals surface area contributed by atoms with Gasteiger partial charge in [-0.1, -0.05) is 6.07 Å². The minimum absolute atomic E-state index is 0.0571. The van der Waals surface area contributed by atoms with Gasteiger partial charge in [0, 0.05) is 24.1 Å². The average Bonchev–Trinajstić information content (AvgIpc) is 2.98. The van der Waals surface area contributed by atoms with E-state index in [-0.39, 0.29) is 35.2 Å². The van der Waals surface area contributed by atoms with Crippen LogP contribution in [-0.4, -0.2) is 73.1 Å². The standard InChI is InChI=1S/C20H22O10/c21-7-16-17(26)18(27)20(30-16)28-9-4-12(23)10-6-14(25)19(29-15(10)5-9)8-1-2-11(22)13(24)3-8/h1-5,14,16-27H,6-7H2/t14?,16-,17+,18-,19?,20?/m0/s1. The maximum Gasteiger partial charge on any atom is 0.229 e. The Labute approximate surface area is 170 Å². The predicted molar refractivity (Wildman–Crippen MR) is 99.3 cm³/mol. The summed E-state index contributed by atoms with van der Waals surface area (Å²) in [6.45, 7) is -0.504. The zero-order chi connectivity index (χ0) is 21.6. The van der Waals surface area contributed by atoms with E-state index < -0.39 is 43.4 Å². The van der Waals surface area contributed by atoms with E-state index in [1.165, 1.54) is 30.3 Å². The topological polar surface area (TPSA) is 169 Å². The number of hydrogen-bond acceptors (Lipinski definition) is 10. The summed E-state index contributed by atoms with van der Waals surface area (Å²) in [5.41, 5.74) is 0.757. The number of hydrogen-bond donors (Lipinski definition) is 7. The maximum absolute atomic E-state index is 10.5.